The van der Waals surface area contributed by atoms with Crippen molar-refractivity contribution in [3.63, 3.8) is 0 Å². The van der Waals surface area contributed by atoms with Crippen molar-refractivity contribution in [1.29, 1.82) is 5.26 Å². The lowest BCUT2D eigenvalue weighted by Crippen LogP contribution is -2.40. The van der Waals surface area contributed by atoms with E-state index in [-0.39, 0.29) is 51.1 Å². The third-order valence-corrected chi connectivity index (χ3v) is 6.72. The van der Waals surface area contributed by atoms with Crippen LogP contribution in [0.2, 0.25) is 10.0 Å². The van der Waals surface area contributed by atoms with E-state index in [0.29, 0.717) is 42.7 Å². The van der Waals surface area contributed by atoms with Gasteiger partial charge in [0.2, 0.25) is 5.91 Å². The van der Waals surface area contributed by atoms with Crippen LogP contribution < -0.4 is 10.1 Å². The van der Waals surface area contributed by atoms with Crippen LogP contribution in [0.3, 0.4) is 0 Å². The number of halogens is 3. The first-order chi connectivity index (χ1) is 18.1. The molecule has 1 saturated heterocycles. The molecular formula is C28H24Cl2FN3O4. The Morgan fingerprint density at radius 1 is 1.16 bits per heavy atom. The topological polar surface area (TPSA) is 103 Å². The van der Waals surface area contributed by atoms with Crippen molar-refractivity contribution in [2.75, 3.05) is 18.4 Å². The predicted octanol–water partition coefficient (Wildman–Crippen LogP) is 5.88. The summed E-state index contributed by atoms with van der Waals surface area (Å²) in [6.07, 6.45) is 0.425. The number of piperidine rings is 1. The van der Waals surface area contributed by atoms with Gasteiger partial charge in [-0.25, -0.2) is 4.39 Å². The van der Waals surface area contributed by atoms with E-state index >= 15 is 4.39 Å². The highest BCUT2D eigenvalue weighted by Crippen LogP contribution is 2.35. The van der Waals surface area contributed by atoms with Crippen LogP contribution in [0, 0.1) is 24.1 Å². The second kappa shape index (κ2) is 11.8. The molecule has 4 rings (SSSR count). The van der Waals surface area contributed by atoms with Crippen LogP contribution in [0.4, 0.5) is 10.1 Å². The minimum atomic E-state index is -0.810. The zero-order valence-corrected chi connectivity index (χ0v) is 21.9. The van der Waals surface area contributed by atoms with Crippen LogP contribution >= 0.6 is 23.2 Å². The zero-order chi connectivity index (χ0) is 27.4. The van der Waals surface area contributed by atoms with E-state index in [0.717, 1.165) is 0 Å². The highest BCUT2D eigenvalue weighted by Gasteiger charge is 2.23. The summed E-state index contributed by atoms with van der Waals surface area (Å²) in [6, 6.07) is 14.0. The number of carbonyl (C=O) groups is 2. The maximum atomic E-state index is 15.3. The van der Waals surface area contributed by atoms with Gasteiger partial charge in [0.15, 0.2) is 11.6 Å². The number of rotatable bonds is 6. The number of aryl methyl sites for hydroxylation is 1. The fourth-order valence-electron chi connectivity index (χ4n) is 4.16. The highest BCUT2D eigenvalue weighted by molar-refractivity contribution is 6.32. The van der Waals surface area contributed by atoms with Crippen LogP contribution in [0.5, 0.6) is 11.5 Å². The summed E-state index contributed by atoms with van der Waals surface area (Å²) in [5.41, 5.74) is 1.95. The molecule has 0 radical (unpaired) electrons. The van der Waals surface area contributed by atoms with Crippen LogP contribution in [-0.2, 0) is 11.2 Å². The molecule has 1 fully saturated rings. The van der Waals surface area contributed by atoms with Gasteiger partial charge in [-0.1, -0.05) is 29.3 Å². The molecule has 2 amide bonds. The SMILES string of the molecule is Cc1cc(C(=O)N2CCC(O)CC2)ccc1NC(=O)Cc1ccc(Cl)c(Oc2cc(Cl)cc(C#N)c2)c1F. The number of likely N-dealkylation sites (tertiary alicyclic amines) is 1. The van der Waals surface area contributed by atoms with E-state index in [1.807, 2.05) is 6.07 Å². The molecule has 7 nitrogen and oxygen atoms in total. The maximum absolute atomic E-state index is 15.3. The number of aliphatic hydroxyl groups is 1. The predicted molar refractivity (Wildman–Crippen MR) is 142 cm³/mol. The molecule has 3 aromatic rings. The molecule has 0 unspecified atom stereocenters. The number of aliphatic hydroxyl groups excluding tert-OH is 1. The van der Waals surface area contributed by atoms with Crippen molar-refractivity contribution < 1.29 is 23.8 Å². The average molecular weight is 556 g/mol. The second-order valence-electron chi connectivity index (χ2n) is 9.02. The van der Waals surface area contributed by atoms with Gasteiger partial charge in [0, 0.05) is 34.9 Å². The van der Waals surface area contributed by atoms with Crippen LogP contribution in [0.25, 0.3) is 0 Å². The van der Waals surface area contributed by atoms with Crippen LogP contribution in [-0.4, -0.2) is 41.0 Å². The molecule has 1 aliphatic heterocycles. The quantitative estimate of drug-likeness (QED) is 0.395. The average Bonchev–Trinajstić information content (AvgIpc) is 2.89. The minimum absolute atomic E-state index is 0.00976. The summed E-state index contributed by atoms with van der Waals surface area (Å²) in [5.74, 6) is -1.57. The van der Waals surface area contributed by atoms with Crippen LogP contribution in [0.15, 0.2) is 48.5 Å². The monoisotopic (exact) mass is 555 g/mol. The van der Waals surface area contributed by atoms with Gasteiger partial charge in [0.1, 0.15) is 5.75 Å². The van der Waals surface area contributed by atoms with Crippen LogP contribution in [0.1, 0.15) is 39.9 Å². The summed E-state index contributed by atoms with van der Waals surface area (Å²) in [4.78, 5) is 27.2. The largest absolute Gasteiger partial charge is 0.453 e. The summed E-state index contributed by atoms with van der Waals surface area (Å²) >= 11 is 12.1. The molecule has 38 heavy (non-hydrogen) atoms. The van der Waals surface area contributed by atoms with Gasteiger partial charge in [-0.15, -0.1) is 0 Å². The maximum Gasteiger partial charge on any atom is 0.253 e. The van der Waals surface area contributed by atoms with Gasteiger partial charge < -0.3 is 20.1 Å². The Bertz CT molecular complexity index is 1430. The number of nitrogens with one attached hydrogen (secondary N) is 1. The summed E-state index contributed by atoms with van der Waals surface area (Å²) in [7, 11) is 0. The van der Waals surface area contributed by atoms with Crippen molar-refractivity contribution in [3.8, 4) is 17.6 Å². The summed E-state index contributed by atoms with van der Waals surface area (Å²) in [5, 5.41) is 21.8. The third-order valence-electron chi connectivity index (χ3n) is 6.20. The molecule has 196 valence electrons. The molecule has 10 heteroatoms. The van der Waals surface area contributed by atoms with E-state index in [1.165, 1.54) is 30.3 Å². The lowest BCUT2D eigenvalue weighted by atomic mass is 10.0. The van der Waals surface area contributed by atoms with Crippen molar-refractivity contribution in [2.45, 2.75) is 32.3 Å². The molecule has 3 aromatic carbocycles. The summed E-state index contributed by atoms with van der Waals surface area (Å²) < 4.78 is 20.9. The Balaban J connectivity index is 1.45. The number of hydrogen-bond donors (Lipinski definition) is 2. The fourth-order valence-corrected chi connectivity index (χ4v) is 4.57. The molecule has 0 saturated carbocycles. The molecular weight excluding hydrogens is 532 g/mol. The summed E-state index contributed by atoms with van der Waals surface area (Å²) in [6.45, 7) is 2.75. The lowest BCUT2D eigenvalue weighted by molar-refractivity contribution is -0.115. The van der Waals surface area contributed by atoms with E-state index in [2.05, 4.69) is 5.32 Å². The number of nitrogens with zero attached hydrogens (tertiary/aromatic N) is 2. The lowest BCUT2D eigenvalue weighted by Gasteiger charge is -2.29. The number of anilines is 1. The first-order valence-electron chi connectivity index (χ1n) is 11.9. The molecule has 1 heterocycles. The van der Waals surface area contributed by atoms with E-state index < -0.39 is 11.7 Å². The number of benzene rings is 3. The van der Waals surface area contributed by atoms with E-state index in [9.17, 15) is 14.7 Å². The molecule has 0 atom stereocenters. The van der Waals surface area contributed by atoms with Gasteiger partial charge in [-0.2, -0.15) is 5.26 Å². The Hall–Kier alpha value is -3.64. The smallest absolute Gasteiger partial charge is 0.253 e. The highest BCUT2D eigenvalue weighted by atomic mass is 35.5. The van der Waals surface area contributed by atoms with E-state index in [1.54, 1.807) is 30.0 Å². The number of ether oxygens (including phenoxy) is 1. The second-order valence-corrected chi connectivity index (χ2v) is 9.86. The molecule has 2 N–H and O–H groups in total. The van der Waals surface area contributed by atoms with E-state index in [4.69, 9.17) is 33.2 Å². The van der Waals surface area contributed by atoms with Gasteiger partial charge in [0.25, 0.3) is 5.91 Å². The van der Waals surface area contributed by atoms with Gasteiger partial charge in [-0.05, 0) is 67.8 Å². The molecule has 0 aliphatic carbocycles. The van der Waals surface area contributed by atoms with Gasteiger partial charge in [0.05, 0.1) is 29.2 Å². The molecule has 1 aliphatic rings. The normalized spacial score (nSPS) is 13.6. The third kappa shape index (κ3) is 6.43. The van der Waals surface area contributed by atoms with Crippen molar-refractivity contribution in [2.24, 2.45) is 0 Å². The van der Waals surface area contributed by atoms with Gasteiger partial charge >= 0.3 is 0 Å². The zero-order valence-electron chi connectivity index (χ0n) is 20.4. The van der Waals surface area contributed by atoms with Gasteiger partial charge in [-0.3, -0.25) is 9.59 Å². The fraction of sp³-hybridized carbons (Fsp3) is 0.250. The number of hydrogen-bond acceptors (Lipinski definition) is 5. The standard InChI is InChI=1S/C28H24Cl2FN3O4/c1-16-10-19(28(37)34-8-6-21(35)7-9-34)3-5-24(16)33-25(36)13-18-2-4-23(30)27(26(18)31)38-22-12-17(15-32)11-20(29)14-22/h2-5,10-12,14,21,35H,6-9,13H2,1H3,(H,33,36). The Morgan fingerprint density at radius 2 is 1.89 bits per heavy atom. The first-order valence-corrected chi connectivity index (χ1v) is 12.6. The number of nitriles is 1. The van der Waals surface area contributed by atoms with Crippen molar-refractivity contribution >= 4 is 40.7 Å². The molecule has 0 spiro atoms. The Labute approximate surface area is 229 Å². The molecule has 0 bridgehead atoms. The minimum Gasteiger partial charge on any atom is -0.453 e. The Kier molecular flexibility index (Phi) is 8.52. The van der Waals surface area contributed by atoms with Crippen molar-refractivity contribution in [1.82, 2.24) is 4.90 Å². The van der Waals surface area contributed by atoms with Crippen molar-refractivity contribution in [3.05, 3.63) is 86.6 Å². The first kappa shape index (κ1) is 27.4. The Morgan fingerprint density at radius 3 is 2.58 bits per heavy atom. The molecule has 0 aromatic heterocycles. The number of amides is 2. The number of carbonyl (C=O) groups excluding carboxylic acids is 2.